The highest BCUT2D eigenvalue weighted by atomic mass is 16.3. The van der Waals surface area contributed by atoms with Gasteiger partial charge in [0.2, 0.25) is 0 Å². The Hall–Kier alpha value is -0.0800. The van der Waals surface area contributed by atoms with Crippen LogP contribution in [0.25, 0.3) is 0 Å². The Morgan fingerprint density at radius 1 is 1.33 bits per heavy atom. The van der Waals surface area contributed by atoms with Crippen LogP contribution in [0.1, 0.15) is 40.0 Å². The standard InChI is InChI=1S/C10H20O2/c1-9(2,3)6-8(12)10(7-11)4-5-10/h8,11-12H,4-7H2,1-3H3. The molecule has 0 bridgehead atoms. The third-order valence-electron chi connectivity index (χ3n) is 2.72. The molecular formula is C10H20O2. The Bertz CT molecular complexity index is 154. The van der Waals surface area contributed by atoms with Gasteiger partial charge >= 0.3 is 0 Å². The normalized spacial score (nSPS) is 23.8. The summed E-state index contributed by atoms with van der Waals surface area (Å²) in [5, 5.41) is 18.9. The minimum Gasteiger partial charge on any atom is -0.396 e. The second-order valence-electron chi connectivity index (χ2n) is 5.30. The molecule has 1 fully saturated rings. The zero-order valence-electron chi connectivity index (χ0n) is 8.30. The van der Waals surface area contributed by atoms with Crippen molar-refractivity contribution in [3.63, 3.8) is 0 Å². The Morgan fingerprint density at radius 3 is 2.08 bits per heavy atom. The van der Waals surface area contributed by atoms with Crippen molar-refractivity contribution in [3.05, 3.63) is 0 Å². The molecule has 0 aromatic heterocycles. The van der Waals surface area contributed by atoms with Crippen molar-refractivity contribution in [1.82, 2.24) is 0 Å². The van der Waals surface area contributed by atoms with Gasteiger partial charge in [-0.25, -0.2) is 0 Å². The van der Waals surface area contributed by atoms with E-state index in [1.54, 1.807) is 0 Å². The molecule has 12 heavy (non-hydrogen) atoms. The van der Waals surface area contributed by atoms with Crippen molar-refractivity contribution in [1.29, 1.82) is 0 Å². The molecule has 0 spiro atoms. The minimum absolute atomic E-state index is 0.132. The maximum Gasteiger partial charge on any atom is 0.0623 e. The molecule has 0 radical (unpaired) electrons. The topological polar surface area (TPSA) is 40.5 Å². The molecule has 2 heteroatoms. The van der Waals surface area contributed by atoms with Gasteiger partial charge in [-0.3, -0.25) is 0 Å². The van der Waals surface area contributed by atoms with Crippen LogP contribution >= 0.6 is 0 Å². The molecule has 0 heterocycles. The van der Waals surface area contributed by atoms with Crippen LogP contribution in [0.3, 0.4) is 0 Å². The van der Waals surface area contributed by atoms with E-state index < -0.39 is 0 Å². The van der Waals surface area contributed by atoms with E-state index in [9.17, 15) is 5.11 Å². The van der Waals surface area contributed by atoms with Crippen LogP contribution in [0.4, 0.5) is 0 Å². The van der Waals surface area contributed by atoms with Crippen molar-refractivity contribution in [2.45, 2.75) is 46.1 Å². The number of rotatable bonds is 3. The lowest BCUT2D eigenvalue weighted by Gasteiger charge is -2.27. The monoisotopic (exact) mass is 172 g/mol. The highest BCUT2D eigenvalue weighted by Crippen LogP contribution is 2.50. The lowest BCUT2D eigenvalue weighted by atomic mass is 9.83. The molecule has 2 N–H and O–H groups in total. The van der Waals surface area contributed by atoms with E-state index in [-0.39, 0.29) is 23.5 Å². The van der Waals surface area contributed by atoms with Gasteiger partial charge in [-0.2, -0.15) is 0 Å². The van der Waals surface area contributed by atoms with Gasteiger partial charge in [-0.15, -0.1) is 0 Å². The summed E-state index contributed by atoms with van der Waals surface area (Å²) in [5.41, 5.74) is 0.0253. The molecule has 72 valence electrons. The van der Waals surface area contributed by atoms with Gasteiger partial charge < -0.3 is 10.2 Å². The zero-order chi connectivity index (χ0) is 9.41. The van der Waals surface area contributed by atoms with Crippen LogP contribution in [0.15, 0.2) is 0 Å². The SMILES string of the molecule is CC(C)(C)CC(O)C1(CO)CC1. The Labute approximate surface area is 74.6 Å². The van der Waals surface area contributed by atoms with Crippen molar-refractivity contribution >= 4 is 0 Å². The van der Waals surface area contributed by atoms with E-state index in [0.29, 0.717) is 0 Å². The largest absolute Gasteiger partial charge is 0.396 e. The molecule has 0 saturated heterocycles. The van der Waals surface area contributed by atoms with Gasteiger partial charge in [0.05, 0.1) is 12.7 Å². The maximum atomic E-state index is 9.82. The molecule has 0 aliphatic heterocycles. The number of aliphatic hydroxyl groups excluding tert-OH is 2. The van der Waals surface area contributed by atoms with Crippen LogP contribution in [0.2, 0.25) is 0 Å². The number of aliphatic hydroxyl groups is 2. The fourth-order valence-corrected chi connectivity index (χ4v) is 1.55. The number of hydrogen-bond acceptors (Lipinski definition) is 2. The van der Waals surface area contributed by atoms with Crippen LogP contribution < -0.4 is 0 Å². The van der Waals surface area contributed by atoms with E-state index in [2.05, 4.69) is 20.8 Å². The van der Waals surface area contributed by atoms with E-state index in [1.165, 1.54) is 0 Å². The first kappa shape index (κ1) is 10.0. The van der Waals surface area contributed by atoms with Gasteiger partial charge in [-0.1, -0.05) is 20.8 Å². The van der Waals surface area contributed by atoms with Gasteiger partial charge in [0.15, 0.2) is 0 Å². The fraction of sp³-hybridized carbons (Fsp3) is 1.00. The van der Waals surface area contributed by atoms with Crippen molar-refractivity contribution < 1.29 is 10.2 Å². The minimum atomic E-state index is -0.317. The van der Waals surface area contributed by atoms with Crippen LogP contribution in [0, 0.1) is 10.8 Å². The van der Waals surface area contributed by atoms with Crippen LogP contribution in [-0.4, -0.2) is 22.9 Å². The highest BCUT2D eigenvalue weighted by molar-refractivity contribution is 4.99. The second-order valence-corrected chi connectivity index (χ2v) is 5.30. The van der Waals surface area contributed by atoms with E-state index in [4.69, 9.17) is 5.11 Å². The summed E-state index contributed by atoms with van der Waals surface area (Å²) in [4.78, 5) is 0. The molecule has 1 atom stereocenters. The first-order valence-corrected chi connectivity index (χ1v) is 4.69. The van der Waals surface area contributed by atoms with Crippen molar-refractivity contribution in [3.8, 4) is 0 Å². The summed E-state index contributed by atoms with van der Waals surface area (Å²) in [5.74, 6) is 0. The Balaban J connectivity index is 2.43. The van der Waals surface area contributed by atoms with E-state index in [1.807, 2.05) is 0 Å². The zero-order valence-corrected chi connectivity index (χ0v) is 8.30. The van der Waals surface area contributed by atoms with Gasteiger partial charge in [-0.05, 0) is 24.7 Å². The third kappa shape index (κ3) is 2.20. The third-order valence-corrected chi connectivity index (χ3v) is 2.72. The van der Waals surface area contributed by atoms with E-state index >= 15 is 0 Å². The lowest BCUT2D eigenvalue weighted by molar-refractivity contribution is 0.0223. The summed E-state index contributed by atoms with van der Waals surface area (Å²) in [6.45, 7) is 6.49. The van der Waals surface area contributed by atoms with Crippen LogP contribution in [0.5, 0.6) is 0 Å². The summed E-state index contributed by atoms with van der Waals surface area (Å²) in [7, 11) is 0. The first-order chi connectivity index (χ1) is 5.40. The van der Waals surface area contributed by atoms with E-state index in [0.717, 1.165) is 19.3 Å². The summed E-state index contributed by atoms with van der Waals surface area (Å²) in [6.07, 6.45) is 2.44. The smallest absolute Gasteiger partial charge is 0.0623 e. The first-order valence-electron chi connectivity index (χ1n) is 4.69. The molecule has 2 nitrogen and oxygen atoms in total. The lowest BCUT2D eigenvalue weighted by Crippen LogP contribution is -2.29. The molecule has 0 aromatic carbocycles. The molecular weight excluding hydrogens is 152 g/mol. The van der Waals surface area contributed by atoms with Crippen molar-refractivity contribution in [2.75, 3.05) is 6.61 Å². The Kier molecular flexibility index (Phi) is 2.50. The van der Waals surface area contributed by atoms with Crippen LogP contribution in [-0.2, 0) is 0 Å². The van der Waals surface area contributed by atoms with Crippen molar-refractivity contribution in [2.24, 2.45) is 10.8 Å². The summed E-state index contributed by atoms with van der Waals surface area (Å²) in [6, 6.07) is 0. The molecule has 1 aliphatic rings. The highest BCUT2D eigenvalue weighted by Gasteiger charge is 2.49. The van der Waals surface area contributed by atoms with Gasteiger partial charge in [0, 0.05) is 5.41 Å². The average Bonchev–Trinajstić information content (AvgIpc) is 2.62. The molecule has 0 amide bonds. The predicted octanol–water partition coefficient (Wildman–Crippen LogP) is 1.56. The Morgan fingerprint density at radius 2 is 1.83 bits per heavy atom. The van der Waals surface area contributed by atoms with Gasteiger partial charge in [0.25, 0.3) is 0 Å². The molecule has 1 saturated carbocycles. The fourth-order valence-electron chi connectivity index (χ4n) is 1.55. The molecule has 1 rings (SSSR count). The number of hydrogen-bond donors (Lipinski definition) is 2. The summed E-state index contributed by atoms with van der Waals surface area (Å²) < 4.78 is 0. The second kappa shape index (κ2) is 3.00. The van der Waals surface area contributed by atoms with Gasteiger partial charge in [0.1, 0.15) is 0 Å². The molecule has 1 aliphatic carbocycles. The molecule has 0 aromatic rings. The quantitative estimate of drug-likeness (QED) is 0.678. The average molecular weight is 172 g/mol. The summed E-state index contributed by atoms with van der Waals surface area (Å²) >= 11 is 0. The maximum absolute atomic E-state index is 9.82. The molecule has 1 unspecified atom stereocenters. The predicted molar refractivity (Wildman–Crippen MR) is 48.8 cm³/mol.